The number of sulfonamides is 1. The lowest BCUT2D eigenvalue weighted by Crippen LogP contribution is -2.47. The molecule has 156 valence electrons. The number of aryl methyl sites for hydroxylation is 1. The van der Waals surface area contributed by atoms with E-state index in [1.165, 1.54) is 19.2 Å². The van der Waals surface area contributed by atoms with E-state index in [9.17, 15) is 18.0 Å². The van der Waals surface area contributed by atoms with Crippen molar-refractivity contribution in [2.24, 2.45) is 0 Å². The van der Waals surface area contributed by atoms with E-state index < -0.39 is 27.9 Å². The second kappa shape index (κ2) is 9.28. The fourth-order valence-corrected chi connectivity index (χ4v) is 4.35. The van der Waals surface area contributed by atoms with E-state index in [0.29, 0.717) is 22.0 Å². The van der Waals surface area contributed by atoms with Crippen LogP contribution in [-0.2, 0) is 19.6 Å². The molecule has 0 heterocycles. The summed E-state index contributed by atoms with van der Waals surface area (Å²) in [4.78, 5) is 24.7. The molecule has 2 aromatic rings. The highest BCUT2D eigenvalue weighted by Gasteiger charge is 2.32. The summed E-state index contributed by atoms with van der Waals surface area (Å²) in [5, 5.41) is 3.04. The molecular weight excluding hydrogens is 416 g/mol. The SMILES string of the molecule is CC[C@H](C(=O)Nc1cccc(C(=O)OC)c1)N(c1cc(Cl)ccc1C)S(C)(=O)=O. The first-order chi connectivity index (χ1) is 13.6. The van der Waals surface area contributed by atoms with Crippen LogP contribution in [0, 0.1) is 6.92 Å². The third kappa shape index (κ3) is 5.48. The molecular formula is C20H23ClN2O5S. The molecule has 0 fully saturated rings. The van der Waals surface area contributed by atoms with Crippen molar-refractivity contribution >= 4 is 44.9 Å². The number of nitrogens with one attached hydrogen (secondary N) is 1. The van der Waals surface area contributed by atoms with Crippen LogP contribution in [0.2, 0.25) is 5.02 Å². The van der Waals surface area contributed by atoms with E-state index in [-0.39, 0.29) is 12.0 Å². The normalized spacial score (nSPS) is 12.2. The molecule has 0 unspecified atom stereocenters. The Bertz CT molecular complexity index is 1020. The predicted molar refractivity (Wildman–Crippen MR) is 114 cm³/mol. The first-order valence-electron chi connectivity index (χ1n) is 8.83. The van der Waals surface area contributed by atoms with Gasteiger partial charge in [-0.1, -0.05) is 30.7 Å². The lowest BCUT2D eigenvalue weighted by Gasteiger charge is -2.31. The lowest BCUT2D eigenvalue weighted by atomic mass is 10.1. The minimum atomic E-state index is -3.79. The zero-order chi connectivity index (χ0) is 21.8. The van der Waals surface area contributed by atoms with Crippen LogP contribution in [0.5, 0.6) is 0 Å². The number of ether oxygens (including phenoxy) is 1. The Morgan fingerprint density at radius 3 is 2.48 bits per heavy atom. The Kier molecular flexibility index (Phi) is 7.26. The number of rotatable bonds is 7. The van der Waals surface area contributed by atoms with Crippen molar-refractivity contribution in [2.75, 3.05) is 23.0 Å². The molecule has 7 nitrogen and oxygen atoms in total. The van der Waals surface area contributed by atoms with Gasteiger partial charge in [-0.2, -0.15) is 0 Å². The van der Waals surface area contributed by atoms with Crippen LogP contribution >= 0.6 is 11.6 Å². The third-order valence-corrected chi connectivity index (χ3v) is 5.69. The molecule has 9 heteroatoms. The zero-order valence-corrected chi connectivity index (χ0v) is 18.2. The summed E-state index contributed by atoms with van der Waals surface area (Å²) >= 11 is 6.06. The molecule has 1 N–H and O–H groups in total. The van der Waals surface area contributed by atoms with Crippen LogP contribution in [0.4, 0.5) is 11.4 Å². The van der Waals surface area contributed by atoms with Gasteiger partial charge in [0, 0.05) is 10.7 Å². The third-order valence-electron chi connectivity index (χ3n) is 4.29. The highest BCUT2D eigenvalue weighted by molar-refractivity contribution is 7.92. The molecule has 0 saturated heterocycles. The maximum Gasteiger partial charge on any atom is 0.337 e. The number of methoxy groups -OCH3 is 1. The van der Waals surface area contributed by atoms with Gasteiger partial charge in [-0.3, -0.25) is 9.10 Å². The number of nitrogens with zero attached hydrogens (tertiary/aromatic N) is 1. The molecule has 0 aromatic heterocycles. The number of anilines is 2. The van der Waals surface area contributed by atoms with Gasteiger partial charge in [-0.15, -0.1) is 0 Å². The standard InChI is InChI=1S/C20H23ClN2O5S/c1-5-17(19(24)22-16-8-6-7-14(11-16)20(25)28-3)23(29(4,26)27)18-12-15(21)10-9-13(18)2/h6-12,17H,5H2,1-4H3,(H,22,24)/t17-/m1/s1. The number of esters is 1. The first-order valence-corrected chi connectivity index (χ1v) is 11.1. The van der Waals surface area contributed by atoms with Crippen molar-refractivity contribution in [3.8, 4) is 0 Å². The number of carbonyl (C=O) groups is 2. The van der Waals surface area contributed by atoms with Crippen molar-refractivity contribution in [3.63, 3.8) is 0 Å². The molecule has 0 radical (unpaired) electrons. The van der Waals surface area contributed by atoms with Crippen molar-refractivity contribution in [1.82, 2.24) is 0 Å². The molecule has 1 atom stereocenters. The predicted octanol–water partition coefficient (Wildman–Crippen LogP) is 3.62. The van der Waals surface area contributed by atoms with Crippen LogP contribution in [0.25, 0.3) is 0 Å². The van der Waals surface area contributed by atoms with Gasteiger partial charge in [0.25, 0.3) is 0 Å². The summed E-state index contributed by atoms with van der Waals surface area (Å²) in [5.41, 5.74) is 1.63. The number of hydrogen-bond acceptors (Lipinski definition) is 5. The number of hydrogen-bond donors (Lipinski definition) is 1. The summed E-state index contributed by atoms with van der Waals surface area (Å²) in [7, 11) is -2.53. The van der Waals surface area contributed by atoms with Crippen molar-refractivity contribution in [3.05, 3.63) is 58.6 Å². The van der Waals surface area contributed by atoms with Gasteiger partial charge >= 0.3 is 5.97 Å². The van der Waals surface area contributed by atoms with Gasteiger partial charge in [0.2, 0.25) is 15.9 Å². The molecule has 29 heavy (non-hydrogen) atoms. The number of carbonyl (C=O) groups excluding carboxylic acids is 2. The fraction of sp³-hybridized carbons (Fsp3) is 0.300. The minimum Gasteiger partial charge on any atom is -0.465 e. The Balaban J connectivity index is 2.42. The van der Waals surface area contributed by atoms with E-state index in [0.717, 1.165) is 10.6 Å². The van der Waals surface area contributed by atoms with Crippen LogP contribution in [0.1, 0.15) is 29.3 Å². The minimum absolute atomic E-state index is 0.224. The topological polar surface area (TPSA) is 92.8 Å². The fourth-order valence-electron chi connectivity index (χ4n) is 2.92. The van der Waals surface area contributed by atoms with Crippen LogP contribution in [0.15, 0.2) is 42.5 Å². The lowest BCUT2D eigenvalue weighted by molar-refractivity contribution is -0.117. The summed E-state index contributed by atoms with van der Waals surface area (Å²) in [6.45, 7) is 3.46. The van der Waals surface area contributed by atoms with E-state index >= 15 is 0 Å². The molecule has 0 bridgehead atoms. The average Bonchev–Trinajstić information content (AvgIpc) is 2.66. The zero-order valence-electron chi connectivity index (χ0n) is 16.6. The highest BCUT2D eigenvalue weighted by atomic mass is 35.5. The Morgan fingerprint density at radius 2 is 1.90 bits per heavy atom. The summed E-state index contributed by atoms with van der Waals surface area (Å²) in [5.74, 6) is -1.07. The van der Waals surface area contributed by atoms with Crippen molar-refractivity contribution in [2.45, 2.75) is 26.3 Å². The van der Waals surface area contributed by atoms with E-state index in [4.69, 9.17) is 11.6 Å². The van der Waals surface area contributed by atoms with E-state index in [1.807, 2.05) is 0 Å². The summed E-state index contributed by atoms with van der Waals surface area (Å²) < 4.78 is 30.9. The quantitative estimate of drug-likeness (QED) is 0.666. The second-order valence-electron chi connectivity index (χ2n) is 6.48. The monoisotopic (exact) mass is 438 g/mol. The molecule has 0 aliphatic heterocycles. The Labute approximate surface area is 175 Å². The van der Waals surface area contributed by atoms with Gasteiger partial charge in [-0.05, 0) is 49.2 Å². The molecule has 0 saturated carbocycles. The van der Waals surface area contributed by atoms with E-state index in [1.54, 1.807) is 44.2 Å². The summed E-state index contributed by atoms with van der Waals surface area (Å²) in [6.07, 6.45) is 1.27. The molecule has 2 aromatic carbocycles. The first kappa shape index (κ1) is 22.7. The average molecular weight is 439 g/mol. The highest BCUT2D eigenvalue weighted by Crippen LogP contribution is 2.29. The maximum absolute atomic E-state index is 13.0. The van der Waals surface area contributed by atoms with Crippen molar-refractivity contribution in [1.29, 1.82) is 0 Å². The molecule has 2 rings (SSSR count). The van der Waals surface area contributed by atoms with E-state index in [2.05, 4.69) is 10.1 Å². The van der Waals surface area contributed by atoms with Gasteiger partial charge < -0.3 is 10.1 Å². The van der Waals surface area contributed by atoms with Gasteiger partial charge in [-0.25, -0.2) is 13.2 Å². The second-order valence-corrected chi connectivity index (χ2v) is 8.77. The smallest absolute Gasteiger partial charge is 0.337 e. The van der Waals surface area contributed by atoms with Crippen molar-refractivity contribution < 1.29 is 22.7 Å². The number of benzene rings is 2. The van der Waals surface area contributed by atoms with Crippen LogP contribution in [-0.4, -0.2) is 39.7 Å². The number of amides is 1. The molecule has 0 aliphatic carbocycles. The van der Waals surface area contributed by atoms with Crippen LogP contribution < -0.4 is 9.62 Å². The molecule has 0 aliphatic rings. The Hall–Kier alpha value is -2.58. The molecule has 0 spiro atoms. The number of halogens is 1. The maximum atomic E-state index is 13.0. The molecule has 1 amide bonds. The van der Waals surface area contributed by atoms with Gasteiger partial charge in [0.1, 0.15) is 6.04 Å². The van der Waals surface area contributed by atoms with Gasteiger partial charge in [0.05, 0.1) is 24.6 Å². The Morgan fingerprint density at radius 1 is 1.21 bits per heavy atom. The van der Waals surface area contributed by atoms with Crippen LogP contribution in [0.3, 0.4) is 0 Å². The largest absolute Gasteiger partial charge is 0.465 e. The van der Waals surface area contributed by atoms with Gasteiger partial charge in [0.15, 0.2) is 0 Å². The summed E-state index contributed by atoms with van der Waals surface area (Å²) in [6, 6.07) is 10.1.